The van der Waals surface area contributed by atoms with Gasteiger partial charge in [-0.3, -0.25) is 4.98 Å². The van der Waals surface area contributed by atoms with Crippen LogP contribution in [-0.2, 0) is 6.42 Å². The number of likely N-dealkylation sites (tertiary alicyclic amines) is 1. The van der Waals surface area contributed by atoms with Gasteiger partial charge in [0.25, 0.3) is 0 Å². The molecule has 2 aromatic heterocycles. The summed E-state index contributed by atoms with van der Waals surface area (Å²) in [6.07, 6.45) is 7.25. The van der Waals surface area contributed by atoms with Gasteiger partial charge in [-0.25, -0.2) is 4.98 Å². The van der Waals surface area contributed by atoms with Crippen molar-refractivity contribution in [1.82, 2.24) is 19.9 Å². The van der Waals surface area contributed by atoms with Crippen LogP contribution in [0, 0.1) is 0 Å². The Hall–Kier alpha value is -2.20. The highest BCUT2D eigenvalue weighted by molar-refractivity contribution is 5.74. The average Bonchev–Trinajstić information content (AvgIpc) is 3.05. The van der Waals surface area contributed by atoms with Gasteiger partial charge in [0, 0.05) is 24.9 Å². The molecule has 118 valence electrons. The fourth-order valence-electron chi connectivity index (χ4n) is 3.43. The lowest BCUT2D eigenvalue weighted by Crippen LogP contribution is -2.34. The number of benzene rings is 1. The number of hydrogen-bond acceptors (Lipinski definition) is 3. The highest BCUT2D eigenvalue weighted by Crippen LogP contribution is 2.27. The molecule has 4 rings (SSSR count). The molecule has 3 heterocycles. The summed E-state index contributed by atoms with van der Waals surface area (Å²) in [5, 5.41) is 0. The van der Waals surface area contributed by atoms with E-state index in [4.69, 9.17) is 4.98 Å². The third-order valence-corrected chi connectivity index (χ3v) is 4.85. The van der Waals surface area contributed by atoms with E-state index in [-0.39, 0.29) is 0 Å². The maximum absolute atomic E-state index is 4.77. The maximum atomic E-state index is 4.77. The third-order valence-electron chi connectivity index (χ3n) is 4.85. The zero-order valence-corrected chi connectivity index (χ0v) is 13.3. The summed E-state index contributed by atoms with van der Waals surface area (Å²) in [7, 11) is 0. The van der Waals surface area contributed by atoms with Crippen molar-refractivity contribution in [3.63, 3.8) is 0 Å². The Morgan fingerprint density at radius 3 is 2.61 bits per heavy atom. The van der Waals surface area contributed by atoms with Crippen molar-refractivity contribution in [2.45, 2.75) is 25.2 Å². The summed E-state index contributed by atoms with van der Waals surface area (Å²) >= 11 is 0. The maximum Gasteiger partial charge on any atom is 0.110 e. The smallest absolute Gasteiger partial charge is 0.110 e. The molecular formula is C19H22N4. The van der Waals surface area contributed by atoms with E-state index in [1.807, 2.05) is 12.4 Å². The van der Waals surface area contributed by atoms with Crippen molar-refractivity contribution in [3.8, 4) is 0 Å². The summed E-state index contributed by atoms with van der Waals surface area (Å²) in [6.45, 7) is 3.45. The van der Waals surface area contributed by atoms with Gasteiger partial charge in [-0.2, -0.15) is 0 Å². The molecular weight excluding hydrogens is 284 g/mol. The molecule has 0 radical (unpaired) electrons. The summed E-state index contributed by atoms with van der Waals surface area (Å²) < 4.78 is 0. The van der Waals surface area contributed by atoms with Crippen LogP contribution in [0.25, 0.3) is 11.0 Å². The monoisotopic (exact) mass is 306 g/mol. The number of aromatic amines is 1. The average molecular weight is 306 g/mol. The molecule has 1 aliphatic heterocycles. The fourth-order valence-corrected chi connectivity index (χ4v) is 3.43. The molecule has 1 saturated heterocycles. The van der Waals surface area contributed by atoms with Crippen molar-refractivity contribution in [2.24, 2.45) is 0 Å². The summed E-state index contributed by atoms with van der Waals surface area (Å²) in [4.78, 5) is 14.9. The number of imidazole rings is 1. The van der Waals surface area contributed by atoms with Gasteiger partial charge in [0.15, 0.2) is 0 Å². The van der Waals surface area contributed by atoms with Gasteiger partial charge in [0.05, 0.1) is 11.0 Å². The molecule has 4 heteroatoms. The van der Waals surface area contributed by atoms with Crippen LogP contribution in [0.15, 0.2) is 48.8 Å². The molecule has 4 nitrogen and oxygen atoms in total. The molecule has 1 aliphatic rings. The van der Waals surface area contributed by atoms with Crippen LogP contribution in [0.3, 0.4) is 0 Å². The summed E-state index contributed by atoms with van der Waals surface area (Å²) in [5.74, 6) is 1.74. The number of rotatable bonds is 4. The van der Waals surface area contributed by atoms with E-state index >= 15 is 0 Å². The fraction of sp³-hybridized carbons (Fsp3) is 0.368. The number of pyridine rings is 1. The van der Waals surface area contributed by atoms with E-state index in [1.54, 1.807) is 0 Å². The van der Waals surface area contributed by atoms with Gasteiger partial charge >= 0.3 is 0 Å². The number of piperidine rings is 1. The second-order valence-electron chi connectivity index (χ2n) is 6.36. The van der Waals surface area contributed by atoms with Crippen LogP contribution in [0.1, 0.15) is 30.1 Å². The van der Waals surface area contributed by atoms with E-state index in [2.05, 4.69) is 51.3 Å². The van der Waals surface area contributed by atoms with Crippen LogP contribution in [0.4, 0.5) is 0 Å². The minimum absolute atomic E-state index is 0.569. The molecule has 0 amide bonds. The van der Waals surface area contributed by atoms with Crippen molar-refractivity contribution in [3.05, 3.63) is 60.2 Å². The van der Waals surface area contributed by atoms with Crippen molar-refractivity contribution >= 4 is 11.0 Å². The number of nitrogens with zero attached hydrogens (tertiary/aromatic N) is 3. The molecule has 0 aliphatic carbocycles. The first kappa shape index (κ1) is 14.4. The van der Waals surface area contributed by atoms with Crippen molar-refractivity contribution < 1.29 is 0 Å². The number of nitrogens with one attached hydrogen (secondary N) is 1. The van der Waals surface area contributed by atoms with Gasteiger partial charge in [0.1, 0.15) is 5.82 Å². The second kappa shape index (κ2) is 6.50. The van der Waals surface area contributed by atoms with Gasteiger partial charge in [-0.15, -0.1) is 0 Å². The van der Waals surface area contributed by atoms with Crippen LogP contribution < -0.4 is 0 Å². The number of para-hydroxylation sites is 2. The van der Waals surface area contributed by atoms with Crippen molar-refractivity contribution in [1.29, 1.82) is 0 Å². The van der Waals surface area contributed by atoms with Gasteiger partial charge in [-0.05, 0) is 62.2 Å². The lowest BCUT2D eigenvalue weighted by atomic mass is 9.96. The molecule has 1 fully saturated rings. The van der Waals surface area contributed by atoms with Gasteiger partial charge < -0.3 is 9.88 Å². The summed E-state index contributed by atoms with van der Waals surface area (Å²) in [5.41, 5.74) is 3.62. The molecule has 23 heavy (non-hydrogen) atoms. The third kappa shape index (κ3) is 3.27. The first-order valence-corrected chi connectivity index (χ1v) is 8.44. The molecule has 1 aromatic carbocycles. The standard InChI is InChI=1S/C19H22N4/c1-2-4-18-17(3-1)21-19(22-18)16-8-13-23(14-9-16)12-7-15-5-10-20-11-6-15/h1-6,10-11,16H,7-9,12-14H2,(H,21,22). The Kier molecular flexibility index (Phi) is 4.07. The highest BCUT2D eigenvalue weighted by Gasteiger charge is 2.22. The SMILES string of the molecule is c1ccc2[nH]c(C3CCN(CCc4ccncc4)CC3)nc2c1. The number of aromatic nitrogens is 3. The summed E-state index contributed by atoms with van der Waals surface area (Å²) in [6, 6.07) is 12.5. The quantitative estimate of drug-likeness (QED) is 0.803. The Morgan fingerprint density at radius 2 is 1.83 bits per heavy atom. The van der Waals surface area contributed by atoms with E-state index in [1.165, 1.54) is 24.2 Å². The largest absolute Gasteiger partial charge is 0.342 e. The van der Waals surface area contributed by atoms with Gasteiger partial charge in [-0.1, -0.05) is 12.1 Å². The highest BCUT2D eigenvalue weighted by atomic mass is 15.1. The van der Waals surface area contributed by atoms with E-state index in [0.29, 0.717) is 5.92 Å². The normalized spacial score (nSPS) is 16.9. The minimum Gasteiger partial charge on any atom is -0.342 e. The number of hydrogen-bond donors (Lipinski definition) is 1. The molecule has 0 atom stereocenters. The topological polar surface area (TPSA) is 44.8 Å². The molecule has 0 bridgehead atoms. The minimum atomic E-state index is 0.569. The second-order valence-corrected chi connectivity index (χ2v) is 6.36. The Balaban J connectivity index is 1.33. The van der Waals surface area contributed by atoms with Crippen molar-refractivity contribution in [2.75, 3.05) is 19.6 Å². The molecule has 0 saturated carbocycles. The zero-order chi connectivity index (χ0) is 15.5. The molecule has 3 aromatic rings. The Bertz CT molecular complexity index is 724. The molecule has 1 N–H and O–H groups in total. The van der Waals surface area contributed by atoms with E-state index in [0.717, 1.165) is 37.1 Å². The lowest BCUT2D eigenvalue weighted by Gasteiger charge is -2.31. The molecule has 0 unspecified atom stereocenters. The lowest BCUT2D eigenvalue weighted by molar-refractivity contribution is 0.212. The van der Waals surface area contributed by atoms with Crippen LogP contribution in [0.5, 0.6) is 0 Å². The zero-order valence-electron chi connectivity index (χ0n) is 13.3. The Labute approximate surface area is 136 Å². The first-order valence-electron chi connectivity index (χ1n) is 8.44. The number of H-pyrrole nitrogens is 1. The van der Waals surface area contributed by atoms with E-state index in [9.17, 15) is 0 Å². The first-order chi connectivity index (χ1) is 11.4. The van der Waals surface area contributed by atoms with Crippen LogP contribution in [-0.4, -0.2) is 39.5 Å². The van der Waals surface area contributed by atoms with Crippen LogP contribution in [0.2, 0.25) is 0 Å². The van der Waals surface area contributed by atoms with Gasteiger partial charge in [0.2, 0.25) is 0 Å². The molecule has 0 spiro atoms. The Morgan fingerprint density at radius 1 is 1.04 bits per heavy atom. The predicted molar refractivity (Wildman–Crippen MR) is 92.4 cm³/mol. The number of fused-ring (bicyclic) bond motifs is 1. The predicted octanol–water partition coefficient (Wildman–Crippen LogP) is 3.38. The van der Waals surface area contributed by atoms with E-state index < -0.39 is 0 Å². The van der Waals surface area contributed by atoms with Crippen LogP contribution >= 0.6 is 0 Å².